The standard InChI is InChI=1S/C12H7FO2/c13-12-10(15)7-6-9(14)11(12)8-4-2-1-3-5-8/h1-7H. The summed E-state index contributed by atoms with van der Waals surface area (Å²) in [7, 11) is 0. The molecule has 1 aromatic rings. The van der Waals surface area contributed by atoms with Crippen molar-refractivity contribution in [3.63, 3.8) is 0 Å². The van der Waals surface area contributed by atoms with E-state index in [4.69, 9.17) is 0 Å². The maximum Gasteiger partial charge on any atom is 0.215 e. The first-order chi connectivity index (χ1) is 7.20. The SMILES string of the molecule is O=C1C=CC(=O)C(c2ccccc2)=C1F. The Bertz CT molecular complexity index is 484. The lowest BCUT2D eigenvalue weighted by Crippen LogP contribution is -2.10. The van der Waals surface area contributed by atoms with Gasteiger partial charge in [-0.2, -0.15) is 0 Å². The minimum absolute atomic E-state index is 0.150. The van der Waals surface area contributed by atoms with Crippen LogP contribution in [0.1, 0.15) is 5.56 Å². The summed E-state index contributed by atoms with van der Waals surface area (Å²) in [5.41, 5.74) is 0.279. The number of ketones is 2. The normalized spacial score (nSPS) is 16.1. The smallest absolute Gasteiger partial charge is 0.215 e. The molecule has 2 nitrogen and oxygen atoms in total. The average molecular weight is 202 g/mol. The van der Waals surface area contributed by atoms with Crippen molar-refractivity contribution in [3.8, 4) is 0 Å². The number of benzene rings is 1. The van der Waals surface area contributed by atoms with E-state index in [-0.39, 0.29) is 5.57 Å². The molecule has 74 valence electrons. The predicted molar refractivity (Wildman–Crippen MR) is 53.6 cm³/mol. The Morgan fingerprint density at radius 3 is 2.13 bits per heavy atom. The summed E-state index contributed by atoms with van der Waals surface area (Å²) in [6.45, 7) is 0. The molecule has 0 atom stereocenters. The Morgan fingerprint density at radius 2 is 1.47 bits per heavy atom. The molecule has 0 amide bonds. The zero-order chi connectivity index (χ0) is 10.8. The first kappa shape index (κ1) is 9.52. The fourth-order valence-corrected chi connectivity index (χ4v) is 1.41. The molecular weight excluding hydrogens is 195 g/mol. The van der Waals surface area contributed by atoms with Gasteiger partial charge in [0.2, 0.25) is 5.78 Å². The molecule has 1 aliphatic rings. The van der Waals surface area contributed by atoms with E-state index in [0.717, 1.165) is 12.2 Å². The maximum absolute atomic E-state index is 13.4. The summed E-state index contributed by atoms with van der Waals surface area (Å²) >= 11 is 0. The summed E-state index contributed by atoms with van der Waals surface area (Å²) in [4.78, 5) is 22.5. The molecule has 1 aromatic carbocycles. The summed E-state index contributed by atoms with van der Waals surface area (Å²) in [5.74, 6) is -2.21. The van der Waals surface area contributed by atoms with E-state index in [2.05, 4.69) is 0 Å². The third-order valence-corrected chi connectivity index (χ3v) is 2.13. The van der Waals surface area contributed by atoms with E-state index in [9.17, 15) is 14.0 Å². The van der Waals surface area contributed by atoms with E-state index in [1.165, 1.54) is 0 Å². The molecule has 0 saturated heterocycles. The zero-order valence-electron chi connectivity index (χ0n) is 7.74. The van der Waals surface area contributed by atoms with Gasteiger partial charge >= 0.3 is 0 Å². The number of carbonyl (C=O) groups excluding carboxylic acids is 2. The lowest BCUT2D eigenvalue weighted by Gasteiger charge is -2.08. The molecule has 0 fully saturated rings. The van der Waals surface area contributed by atoms with Crippen LogP contribution in [0.25, 0.3) is 5.57 Å². The van der Waals surface area contributed by atoms with Gasteiger partial charge in [0.05, 0.1) is 5.57 Å². The van der Waals surface area contributed by atoms with Gasteiger partial charge in [-0.25, -0.2) is 4.39 Å². The van der Waals surface area contributed by atoms with Crippen LogP contribution in [0.15, 0.2) is 48.3 Å². The summed E-state index contributed by atoms with van der Waals surface area (Å²) in [6.07, 6.45) is 2.04. The minimum atomic E-state index is -0.978. The summed E-state index contributed by atoms with van der Waals surface area (Å²) in [6, 6.07) is 8.32. The van der Waals surface area contributed by atoms with Gasteiger partial charge in [0.15, 0.2) is 11.6 Å². The van der Waals surface area contributed by atoms with Crippen molar-refractivity contribution in [2.24, 2.45) is 0 Å². The lowest BCUT2D eigenvalue weighted by atomic mass is 9.95. The Labute approximate surface area is 85.7 Å². The van der Waals surface area contributed by atoms with Gasteiger partial charge in [-0.1, -0.05) is 30.3 Å². The van der Waals surface area contributed by atoms with Crippen LogP contribution in [-0.4, -0.2) is 11.6 Å². The van der Waals surface area contributed by atoms with Crippen LogP contribution in [0.4, 0.5) is 4.39 Å². The van der Waals surface area contributed by atoms with E-state index >= 15 is 0 Å². The highest BCUT2D eigenvalue weighted by molar-refractivity contribution is 6.35. The van der Waals surface area contributed by atoms with Gasteiger partial charge in [-0.3, -0.25) is 9.59 Å². The Balaban J connectivity index is 2.57. The third kappa shape index (κ3) is 1.64. The van der Waals surface area contributed by atoms with E-state index < -0.39 is 17.4 Å². The van der Waals surface area contributed by atoms with E-state index in [1.54, 1.807) is 30.3 Å². The Kier molecular flexibility index (Phi) is 2.29. The second-order valence-electron chi connectivity index (χ2n) is 3.12. The fourth-order valence-electron chi connectivity index (χ4n) is 1.41. The first-order valence-corrected chi connectivity index (χ1v) is 4.42. The number of allylic oxidation sites excluding steroid dienone is 4. The van der Waals surface area contributed by atoms with Gasteiger partial charge in [-0.15, -0.1) is 0 Å². The van der Waals surface area contributed by atoms with Gasteiger partial charge in [0.1, 0.15) is 0 Å². The van der Waals surface area contributed by atoms with Crippen LogP contribution in [-0.2, 0) is 9.59 Å². The molecule has 0 aromatic heterocycles. The number of hydrogen-bond donors (Lipinski definition) is 0. The van der Waals surface area contributed by atoms with Gasteiger partial charge in [0, 0.05) is 0 Å². The second-order valence-corrected chi connectivity index (χ2v) is 3.12. The van der Waals surface area contributed by atoms with Crippen LogP contribution >= 0.6 is 0 Å². The van der Waals surface area contributed by atoms with Crippen LogP contribution in [0, 0.1) is 0 Å². The molecule has 0 heterocycles. The Hall–Kier alpha value is -2.03. The van der Waals surface area contributed by atoms with Gasteiger partial charge in [-0.05, 0) is 17.7 Å². The monoisotopic (exact) mass is 202 g/mol. The highest BCUT2D eigenvalue weighted by Gasteiger charge is 2.23. The first-order valence-electron chi connectivity index (χ1n) is 4.42. The van der Waals surface area contributed by atoms with Crippen molar-refractivity contribution in [2.45, 2.75) is 0 Å². The quantitative estimate of drug-likeness (QED) is 0.653. The largest absolute Gasteiger partial charge is 0.289 e. The molecule has 0 spiro atoms. The molecule has 15 heavy (non-hydrogen) atoms. The molecule has 0 saturated carbocycles. The second kappa shape index (κ2) is 3.61. The number of carbonyl (C=O) groups is 2. The van der Waals surface area contributed by atoms with Crippen molar-refractivity contribution in [2.75, 3.05) is 0 Å². The molecule has 3 heteroatoms. The molecule has 0 aliphatic heterocycles. The van der Waals surface area contributed by atoms with Crippen molar-refractivity contribution in [1.82, 2.24) is 0 Å². The molecule has 0 unspecified atom stereocenters. The molecule has 0 bridgehead atoms. The Morgan fingerprint density at radius 1 is 0.867 bits per heavy atom. The maximum atomic E-state index is 13.4. The number of rotatable bonds is 1. The average Bonchev–Trinajstić information content (AvgIpc) is 2.26. The molecule has 0 N–H and O–H groups in total. The minimum Gasteiger partial charge on any atom is -0.289 e. The van der Waals surface area contributed by atoms with Gasteiger partial charge < -0.3 is 0 Å². The van der Waals surface area contributed by atoms with Crippen LogP contribution in [0.2, 0.25) is 0 Å². The van der Waals surface area contributed by atoms with Crippen LogP contribution in [0.3, 0.4) is 0 Å². The predicted octanol–water partition coefficient (Wildman–Crippen LogP) is 2.08. The van der Waals surface area contributed by atoms with Crippen molar-refractivity contribution < 1.29 is 14.0 Å². The number of halogens is 1. The van der Waals surface area contributed by atoms with Crippen molar-refractivity contribution in [1.29, 1.82) is 0 Å². The van der Waals surface area contributed by atoms with E-state index in [1.807, 2.05) is 0 Å². The fraction of sp³-hybridized carbons (Fsp3) is 0. The van der Waals surface area contributed by atoms with E-state index in [0.29, 0.717) is 5.56 Å². The molecule has 2 rings (SSSR count). The van der Waals surface area contributed by atoms with Crippen molar-refractivity contribution >= 4 is 17.1 Å². The van der Waals surface area contributed by atoms with Crippen LogP contribution in [0.5, 0.6) is 0 Å². The van der Waals surface area contributed by atoms with Crippen molar-refractivity contribution in [3.05, 3.63) is 53.9 Å². The third-order valence-electron chi connectivity index (χ3n) is 2.13. The molecule has 0 radical (unpaired) electrons. The zero-order valence-corrected chi connectivity index (χ0v) is 7.74. The summed E-state index contributed by atoms with van der Waals surface area (Å²) in [5, 5.41) is 0. The lowest BCUT2D eigenvalue weighted by molar-refractivity contribution is -0.115. The number of hydrogen-bond acceptors (Lipinski definition) is 2. The molecular formula is C12H7FO2. The topological polar surface area (TPSA) is 34.1 Å². The van der Waals surface area contributed by atoms with Gasteiger partial charge in [0.25, 0.3) is 0 Å². The highest BCUT2D eigenvalue weighted by atomic mass is 19.1. The summed E-state index contributed by atoms with van der Waals surface area (Å²) < 4.78 is 13.4. The molecule has 1 aliphatic carbocycles. The van der Waals surface area contributed by atoms with Crippen LogP contribution < -0.4 is 0 Å². The highest BCUT2D eigenvalue weighted by Crippen LogP contribution is 2.24.